The van der Waals surface area contributed by atoms with E-state index in [1.165, 1.54) is 6.07 Å². The number of hydrogen-bond acceptors (Lipinski definition) is 6. The van der Waals surface area contributed by atoms with Crippen LogP contribution in [0.3, 0.4) is 0 Å². The maximum Gasteiger partial charge on any atom is 0.309 e. The Kier molecular flexibility index (Phi) is 7.30. The fourth-order valence-electron chi connectivity index (χ4n) is 6.48. The van der Waals surface area contributed by atoms with Crippen molar-refractivity contribution in [2.75, 3.05) is 31.8 Å². The van der Waals surface area contributed by atoms with Gasteiger partial charge in [0.05, 0.1) is 19.1 Å². The van der Waals surface area contributed by atoms with E-state index >= 15 is 4.39 Å². The number of para-hydroxylation sites is 1. The Morgan fingerprint density at radius 2 is 1.73 bits per heavy atom. The zero-order chi connectivity index (χ0) is 28.7. The summed E-state index contributed by atoms with van der Waals surface area (Å²) in [6.07, 6.45) is 2.25. The third-order valence-electron chi connectivity index (χ3n) is 8.44. The number of carbonyl (C=O) groups excluding carboxylic acids is 1. The molecule has 0 aromatic heterocycles. The summed E-state index contributed by atoms with van der Waals surface area (Å²) in [6, 6.07) is 13.8. The standard InChI is InChI=1S/C32H33FN2O6/c1-3-18-6-5-7-19(4-2)30(18)34-28(36)16-35-15-23(22-13-26-27(14-24(22)33)41-17-40-26)29(32(37)38)31(35)21-8-9-25-20(12-21)10-11-39-25/h5-9,12-14,23,29,31H,3-4,10-11,15-17H2,1-2H3,(H,34,36)(H,37,38)/t23-,29?,31+/m1/s1. The van der Waals surface area contributed by atoms with E-state index in [0.717, 1.165) is 53.0 Å². The normalized spacial score (nSPS) is 21.0. The number of fused-ring (bicyclic) bond motifs is 2. The quantitative estimate of drug-likeness (QED) is 0.396. The number of hydrogen-bond donors (Lipinski definition) is 2. The van der Waals surface area contributed by atoms with Gasteiger partial charge in [-0.25, -0.2) is 4.39 Å². The van der Waals surface area contributed by atoms with E-state index in [1.807, 2.05) is 55.1 Å². The molecular weight excluding hydrogens is 527 g/mol. The number of ether oxygens (including phenoxy) is 3. The van der Waals surface area contributed by atoms with Gasteiger partial charge in [0.2, 0.25) is 12.7 Å². The van der Waals surface area contributed by atoms with Crippen LogP contribution in [0.4, 0.5) is 10.1 Å². The van der Waals surface area contributed by atoms with Crippen LogP contribution in [0.2, 0.25) is 0 Å². The van der Waals surface area contributed by atoms with Crippen LogP contribution in [0.1, 0.15) is 53.6 Å². The number of aryl methyl sites for hydroxylation is 2. The van der Waals surface area contributed by atoms with Crippen molar-refractivity contribution in [2.24, 2.45) is 5.92 Å². The lowest BCUT2D eigenvalue weighted by molar-refractivity contribution is -0.143. The molecule has 9 heteroatoms. The highest BCUT2D eigenvalue weighted by Crippen LogP contribution is 2.49. The molecule has 0 aliphatic carbocycles. The molecule has 0 radical (unpaired) electrons. The van der Waals surface area contributed by atoms with Crippen molar-refractivity contribution in [3.63, 3.8) is 0 Å². The SMILES string of the molecule is CCc1cccc(CC)c1NC(=O)CN1C[C@H](c2cc3c(cc2F)OCO3)C(C(=O)O)[C@@H]1c1ccc2c(c1)CCO2. The van der Waals surface area contributed by atoms with Crippen molar-refractivity contribution in [2.45, 2.75) is 45.1 Å². The van der Waals surface area contributed by atoms with E-state index in [1.54, 1.807) is 6.07 Å². The van der Waals surface area contributed by atoms with Crippen LogP contribution >= 0.6 is 0 Å². The molecule has 0 spiro atoms. The highest BCUT2D eigenvalue weighted by molar-refractivity contribution is 5.94. The molecule has 3 aromatic carbocycles. The van der Waals surface area contributed by atoms with Gasteiger partial charge in [-0.2, -0.15) is 0 Å². The molecule has 1 unspecified atom stereocenters. The number of rotatable bonds is 8. The first-order chi connectivity index (χ1) is 19.9. The predicted octanol–water partition coefficient (Wildman–Crippen LogP) is 5.09. The maximum atomic E-state index is 15.4. The largest absolute Gasteiger partial charge is 0.493 e. The van der Waals surface area contributed by atoms with Crippen LogP contribution in [0, 0.1) is 11.7 Å². The minimum Gasteiger partial charge on any atom is -0.493 e. The first kappa shape index (κ1) is 27.1. The van der Waals surface area contributed by atoms with Gasteiger partial charge in [-0.3, -0.25) is 14.5 Å². The van der Waals surface area contributed by atoms with E-state index in [0.29, 0.717) is 18.1 Å². The number of halogens is 1. The zero-order valence-electron chi connectivity index (χ0n) is 23.1. The Hall–Kier alpha value is -4.11. The zero-order valence-corrected chi connectivity index (χ0v) is 23.1. The number of nitrogens with zero attached hydrogens (tertiary/aromatic N) is 1. The van der Waals surface area contributed by atoms with Gasteiger partial charge in [-0.05, 0) is 52.8 Å². The average molecular weight is 561 g/mol. The van der Waals surface area contributed by atoms with Crippen molar-refractivity contribution in [1.29, 1.82) is 0 Å². The number of benzene rings is 3. The predicted molar refractivity (Wildman–Crippen MR) is 150 cm³/mol. The average Bonchev–Trinajstić information content (AvgIpc) is 3.70. The molecule has 1 amide bonds. The van der Waals surface area contributed by atoms with Gasteiger partial charge in [0.25, 0.3) is 0 Å². The lowest BCUT2D eigenvalue weighted by Gasteiger charge is -2.27. The minimum absolute atomic E-state index is 0.0175. The lowest BCUT2D eigenvalue weighted by Crippen LogP contribution is -2.35. The molecule has 214 valence electrons. The smallest absolute Gasteiger partial charge is 0.309 e. The monoisotopic (exact) mass is 560 g/mol. The van der Waals surface area contributed by atoms with Crippen LogP contribution < -0.4 is 19.5 Å². The topological polar surface area (TPSA) is 97.3 Å². The summed E-state index contributed by atoms with van der Waals surface area (Å²) in [6.45, 7) is 4.76. The number of anilines is 1. The van der Waals surface area contributed by atoms with Gasteiger partial charge in [0.15, 0.2) is 11.5 Å². The molecule has 3 aromatic rings. The van der Waals surface area contributed by atoms with Crippen LogP contribution in [0.5, 0.6) is 17.2 Å². The highest BCUT2D eigenvalue weighted by Gasteiger charge is 2.49. The molecule has 1 saturated heterocycles. The van der Waals surface area contributed by atoms with Crippen molar-refractivity contribution < 1.29 is 33.3 Å². The number of carbonyl (C=O) groups is 2. The van der Waals surface area contributed by atoms with Crippen molar-refractivity contribution >= 4 is 17.6 Å². The Labute approximate surface area is 238 Å². The van der Waals surface area contributed by atoms with E-state index in [4.69, 9.17) is 14.2 Å². The van der Waals surface area contributed by atoms with E-state index in [2.05, 4.69) is 5.32 Å². The molecule has 2 N–H and O–H groups in total. The first-order valence-electron chi connectivity index (χ1n) is 14.1. The fourth-order valence-corrected chi connectivity index (χ4v) is 6.48. The number of carboxylic acid groups (broad SMARTS) is 1. The Morgan fingerprint density at radius 3 is 2.44 bits per heavy atom. The van der Waals surface area contributed by atoms with Crippen LogP contribution in [0.15, 0.2) is 48.5 Å². The van der Waals surface area contributed by atoms with E-state index in [9.17, 15) is 14.7 Å². The number of likely N-dealkylation sites (tertiary alicyclic amines) is 1. The van der Waals surface area contributed by atoms with E-state index < -0.39 is 29.7 Å². The third-order valence-corrected chi connectivity index (χ3v) is 8.44. The van der Waals surface area contributed by atoms with Gasteiger partial charge in [0.1, 0.15) is 11.6 Å². The van der Waals surface area contributed by atoms with Gasteiger partial charge in [-0.1, -0.05) is 44.2 Å². The molecule has 6 rings (SSSR count). The summed E-state index contributed by atoms with van der Waals surface area (Å²) in [5.74, 6) is -2.12. The molecule has 3 heterocycles. The van der Waals surface area contributed by atoms with Crippen LogP contribution in [0.25, 0.3) is 0 Å². The van der Waals surface area contributed by atoms with Crippen LogP contribution in [-0.2, 0) is 28.9 Å². The Morgan fingerprint density at radius 1 is 1.00 bits per heavy atom. The van der Waals surface area contributed by atoms with Crippen molar-refractivity contribution in [3.05, 3.63) is 82.2 Å². The molecule has 3 aliphatic rings. The van der Waals surface area contributed by atoms with Gasteiger partial charge in [0, 0.05) is 36.7 Å². The molecule has 0 bridgehead atoms. The second-order valence-electron chi connectivity index (χ2n) is 10.7. The summed E-state index contributed by atoms with van der Waals surface area (Å²) in [4.78, 5) is 28.3. The maximum absolute atomic E-state index is 15.4. The van der Waals surface area contributed by atoms with Gasteiger partial charge >= 0.3 is 5.97 Å². The highest BCUT2D eigenvalue weighted by atomic mass is 19.1. The Balaban J connectivity index is 1.37. The molecule has 41 heavy (non-hydrogen) atoms. The molecule has 0 saturated carbocycles. The summed E-state index contributed by atoms with van der Waals surface area (Å²) >= 11 is 0. The summed E-state index contributed by atoms with van der Waals surface area (Å²) in [7, 11) is 0. The summed E-state index contributed by atoms with van der Waals surface area (Å²) in [5.41, 5.74) is 4.89. The minimum atomic E-state index is -1.05. The summed E-state index contributed by atoms with van der Waals surface area (Å²) in [5, 5.41) is 13.7. The third kappa shape index (κ3) is 4.99. The van der Waals surface area contributed by atoms with Crippen LogP contribution in [-0.4, -0.2) is 48.4 Å². The second kappa shape index (κ2) is 11.0. The number of amides is 1. The van der Waals surface area contributed by atoms with Gasteiger partial charge < -0.3 is 24.6 Å². The first-order valence-corrected chi connectivity index (χ1v) is 14.1. The fraction of sp³-hybridized carbons (Fsp3) is 0.375. The molecular formula is C32H33FN2O6. The number of carboxylic acids is 1. The lowest BCUT2D eigenvalue weighted by atomic mass is 9.82. The molecule has 8 nitrogen and oxygen atoms in total. The summed E-state index contributed by atoms with van der Waals surface area (Å²) < 4.78 is 31.9. The van der Waals surface area contributed by atoms with E-state index in [-0.39, 0.29) is 31.4 Å². The molecule has 3 aliphatic heterocycles. The number of nitrogens with one attached hydrogen (secondary N) is 1. The Bertz CT molecular complexity index is 1490. The second-order valence-corrected chi connectivity index (χ2v) is 10.7. The van der Waals surface area contributed by atoms with Crippen molar-refractivity contribution in [1.82, 2.24) is 4.90 Å². The van der Waals surface area contributed by atoms with Crippen molar-refractivity contribution in [3.8, 4) is 17.2 Å². The van der Waals surface area contributed by atoms with Gasteiger partial charge in [-0.15, -0.1) is 0 Å². The molecule has 1 fully saturated rings. The molecule has 3 atom stereocenters. The number of aliphatic carboxylic acids is 1.